The van der Waals surface area contributed by atoms with Gasteiger partial charge in [0.2, 0.25) is 5.88 Å². The molecule has 0 unspecified atom stereocenters. The van der Waals surface area contributed by atoms with Gasteiger partial charge >= 0.3 is 5.69 Å². The normalized spacial score (nSPS) is 10.0. The number of nitrogens with one attached hydrogen (secondary N) is 3. The van der Waals surface area contributed by atoms with Crippen molar-refractivity contribution in [3.63, 3.8) is 0 Å². The third-order valence-electron chi connectivity index (χ3n) is 1.50. The summed E-state index contributed by atoms with van der Waals surface area (Å²) in [6.45, 7) is 1.81. The van der Waals surface area contributed by atoms with Crippen LogP contribution >= 0.6 is 0 Å². The van der Waals surface area contributed by atoms with Crippen LogP contribution in [0.3, 0.4) is 0 Å². The highest BCUT2D eigenvalue weighted by Gasteiger charge is 2.04. The van der Waals surface area contributed by atoms with Gasteiger partial charge in [-0.05, 0) is 14.0 Å². The average Bonchev–Trinajstić information content (AvgIpc) is 2.09. The molecule has 0 amide bonds. The summed E-state index contributed by atoms with van der Waals surface area (Å²) < 4.78 is 5.06. The summed E-state index contributed by atoms with van der Waals surface area (Å²) in [6.07, 6.45) is 0. The van der Waals surface area contributed by atoms with Gasteiger partial charge in [0.1, 0.15) is 6.73 Å². The monoisotopic (exact) mass is 185 g/mol. The van der Waals surface area contributed by atoms with Crippen molar-refractivity contribution in [3.05, 3.63) is 26.4 Å². The fourth-order valence-corrected chi connectivity index (χ4v) is 0.817. The minimum Gasteiger partial charge on any atom is -0.463 e. The summed E-state index contributed by atoms with van der Waals surface area (Å²) in [4.78, 5) is 26.3. The van der Waals surface area contributed by atoms with Crippen molar-refractivity contribution in [1.82, 2.24) is 15.3 Å². The van der Waals surface area contributed by atoms with Crippen molar-refractivity contribution in [1.29, 1.82) is 0 Å². The second-order valence-electron chi connectivity index (χ2n) is 2.50. The zero-order chi connectivity index (χ0) is 9.84. The summed E-state index contributed by atoms with van der Waals surface area (Å²) in [5.41, 5.74) is -0.647. The molecule has 6 nitrogen and oxygen atoms in total. The molecular weight excluding hydrogens is 174 g/mol. The Balaban J connectivity index is 3.06. The lowest BCUT2D eigenvalue weighted by atomic mass is 10.4. The van der Waals surface area contributed by atoms with E-state index in [1.807, 2.05) is 0 Å². The highest BCUT2D eigenvalue weighted by atomic mass is 16.5. The van der Waals surface area contributed by atoms with Crippen molar-refractivity contribution >= 4 is 0 Å². The van der Waals surface area contributed by atoms with E-state index in [4.69, 9.17) is 4.74 Å². The molecule has 1 aromatic rings. The lowest BCUT2D eigenvalue weighted by Gasteiger charge is -2.05. The molecule has 1 aromatic heterocycles. The average molecular weight is 185 g/mol. The molecule has 1 rings (SSSR count). The van der Waals surface area contributed by atoms with Crippen molar-refractivity contribution in [2.24, 2.45) is 0 Å². The maximum atomic E-state index is 11.0. The van der Waals surface area contributed by atoms with Gasteiger partial charge in [0, 0.05) is 0 Å². The number of ether oxygens (including phenoxy) is 1. The molecule has 6 heteroatoms. The van der Waals surface area contributed by atoms with E-state index >= 15 is 0 Å². The molecule has 0 radical (unpaired) electrons. The number of H-pyrrole nitrogens is 2. The smallest absolute Gasteiger partial charge is 0.328 e. The number of rotatable bonds is 3. The zero-order valence-electron chi connectivity index (χ0n) is 7.43. The molecule has 0 fully saturated rings. The van der Waals surface area contributed by atoms with E-state index < -0.39 is 11.2 Å². The van der Waals surface area contributed by atoms with Gasteiger partial charge in [-0.15, -0.1) is 0 Å². The molecule has 72 valence electrons. The maximum Gasteiger partial charge on any atom is 0.328 e. The van der Waals surface area contributed by atoms with Crippen LogP contribution in [0.15, 0.2) is 9.59 Å². The van der Waals surface area contributed by atoms with Crippen LogP contribution in [0.4, 0.5) is 0 Å². The topological polar surface area (TPSA) is 87.0 Å². The van der Waals surface area contributed by atoms with Gasteiger partial charge in [0.25, 0.3) is 5.56 Å². The summed E-state index contributed by atoms with van der Waals surface area (Å²) in [5.74, 6) is 0.197. The van der Waals surface area contributed by atoms with Gasteiger partial charge in [0.15, 0.2) is 0 Å². The van der Waals surface area contributed by atoms with Crippen molar-refractivity contribution < 1.29 is 4.74 Å². The van der Waals surface area contributed by atoms with Crippen LogP contribution in [0.5, 0.6) is 5.88 Å². The fraction of sp³-hybridized carbons (Fsp3) is 0.429. The number of hydrogen-bond donors (Lipinski definition) is 3. The zero-order valence-corrected chi connectivity index (χ0v) is 7.43. The Hall–Kier alpha value is -1.56. The van der Waals surface area contributed by atoms with Gasteiger partial charge in [-0.25, -0.2) is 4.79 Å². The second kappa shape index (κ2) is 3.90. The molecule has 0 bridgehead atoms. The van der Waals surface area contributed by atoms with E-state index in [9.17, 15) is 9.59 Å². The van der Waals surface area contributed by atoms with Crippen molar-refractivity contribution in [3.8, 4) is 5.88 Å². The molecule has 0 aliphatic carbocycles. The summed E-state index contributed by atoms with van der Waals surface area (Å²) in [7, 11) is 1.70. The highest BCUT2D eigenvalue weighted by Crippen LogP contribution is 2.04. The van der Waals surface area contributed by atoms with E-state index in [1.165, 1.54) is 0 Å². The van der Waals surface area contributed by atoms with Crippen molar-refractivity contribution in [2.45, 2.75) is 6.92 Å². The van der Waals surface area contributed by atoms with Crippen LogP contribution in [0.2, 0.25) is 0 Å². The Labute approximate surface area is 74.0 Å². The van der Waals surface area contributed by atoms with E-state index in [1.54, 1.807) is 14.0 Å². The number of aromatic nitrogens is 2. The highest BCUT2D eigenvalue weighted by molar-refractivity contribution is 5.19. The standard InChI is InChI=1S/C7H11N3O3/c1-4-5(11)9-7(12)10-6(4)13-3-8-2/h8H,3H2,1-2H3,(H2,9,10,11,12). The molecule has 1 heterocycles. The van der Waals surface area contributed by atoms with Gasteiger partial charge in [0.05, 0.1) is 5.56 Å². The van der Waals surface area contributed by atoms with Crippen LogP contribution in [0.1, 0.15) is 5.56 Å². The predicted octanol–water partition coefficient (Wildman–Crippen LogP) is -1.07. The fourth-order valence-electron chi connectivity index (χ4n) is 0.817. The van der Waals surface area contributed by atoms with Gasteiger partial charge in [-0.2, -0.15) is 0 Å². The first kappa shape index (κ1) is 9.53. The van der Waals surface area contributed by atoms with Crippen LogP contribution in [-0.2, 0) is 0 Å². The third-order valence-corrected chi connectivity index (χ3v) is 1.50. The minimum atomic E-state index is -0.568. The predicted molar refractivity (Wildman–Crippen MR) is 47.0 cm³/mol. The Kier molecular flexibility index (Phi) is 2.86. The molecule has 0 spiro atoms. The molecular formula is C7H11N3O3. The van der Waals surface area contributed by atoms with E-state index in [0.29, 0.717) is 5.56 Å². The van der Waals surface area contributed by atoms with Crippen LogP contribution < -0.4 is 21.3 Å². The van der Waals surface area contributed by atoms with Crippen LogP contribution in [-0.4, -0.2) is 23.7 Å². The van der Waals surface area contributed by atoms with Gasteiger partial charge < -0.3 is 4.74 Å². The molecule has 0 saturated heterocycles. The third kappa shape index (κ3) is 2.19. The Morgan fingerprint density at radius 2 is 2.08 bits per heavy atom. The van der Waals surface area contributed by atoms with Crippen LogP contribution in [0.25, 0.3) is 0 Å². The summed E-state index contributed by atoms with van der Waals surface area (Å²) in [5, 5.41) is 2.73. The minimum absolute atomic E-state index is 0.197. The Morgan fingerprint density at radius 1 is 1.38 bits per heavy atom. The van der Waals surface area contributed by atoms with E-state index in [0.717, 1.165) is 0 Å². The first-order valence-electron chi connectivity index (χ1n) is 3.75. The summed E-state index contributed by atoms with van der Waals surface area (Å²) in [6, 6.07) is 0. The molecule has 3 N–H and O–H groups in total. The number of hydrogen-bond acceptors (Lipinski definition) is 4. The molecule has 0 aliphatic rings. The first-order valence-corrected chi connectivity index (χ1v) is 3.75. The molecule has 0 aliphatic heterocycles. The Morgan fingerprint density at radius 3 is 2.69 bits per heavy atom. The maximum absolute atomic E-state index is 11.0. The van der Waals surface area contributed by atoms with Crippen molar-refractivity contribution in [2.75, 3.05) is 13.8 Å². The lowest BCUT2D eigenvalue weighted by molar-refractivity contribution is 0.281. The lowest BCUT2D eigenvalue weighted by Crippen LogP contribution is -2.26. The SMILES string of the molecule is CNCOc1[nH]c(=O)[nH]c(=O)c1C. The van der Waals surface area contributed by atoms with Gasteiger partial charge in [-0.1, -0.05) is 0 Å². The molecule has 0 saturated carbocycles. The molecule has 0 aromatic carbocycles. The van der Waals surface area contributed by atoms with Gasteiger partial charge in [-0.3, -0.25) is 20.1 Å². The van der Waals surface area contributed by atoms with Crippen LogP contribution in [0, 0.1) is 6.92 Å². The Bertz CT molecular complexity index is 393. The quantitative estimate of drug-likeness (QED) is 0.523. The second-order valence-corrected chi connectivity index (χ2v) is 2.50. The number of aromatic amines is 2. The largest absolute Gasteiger partial charge is 0.463 e. The van der Waals surface area contributed by atoms with E-state index in [2.05, 4.69) is 15.3 Å². The molecule has 0 atom stereocenters. The summed E-state index contributed by atoms with van der Waals surface area (Å²) >= 11 is 0. The van der Waals surface area contributed by atoms with E-state index in [-0.39, 0.29) is 12.6 Å². The first-order chi connectivity index (χ1) is 6.15. The molecule has 13 heavy (non-hydrogen) atoms.